The molecule has 0 fully saturated rings. The maximum atomic E-state index is 13.1. The van der Waals surface area contributed by atoms with Crippen molar-refractivity contribution in [3.63, 3.8) is 0 Å². The van der Waals surface area contributed by atoms with Crippen LogP contribution in [0.5, 0.6) is 0 Å². The van der Waals surface area contributed by atoms with Crippen LogP contribution in [0.1, 0.15) is 59.4 Å². The lowest BCUT2D eigenvalue weighted by Gasteiger charge is -2.24. The van der Waals surface area contributed by atoms with Crippen molar-refractivity contribution in [2.24, 2.45) is 5.92 Å². The molecule has 0 spiro atoms. The Kier molecular flexibility index (Phi) is 16.7. The summed E-state index contributed by atoms with van der Waals surface area (Å²) in [7, 11) is 0. The molecule has 1 aromatic carbocycles. The first-order valence-corrected chi connectivity index (χ1v) is 16.1. The Labute approximate surface area is 284 Å². The fraction of sp³-hybridized carbons (Fsp3) is 0.545. The van der Waals surface area contributed by atoms with Crippen LogP contribution in [0.4, 0.5) is 0 Å². The number of amides is 5. The number of esters is 1. The third-order valence-electron chi connectivity index (χ3n) is 7.58. The highest BCUT2D eigenvalue weighted by atomic mass is 16.5. The molecule has 0 bridgehead atoms. The topological polar surface area (TPSA) is 234 Å². The fourth-order valence-electron chi connectivity index (χ4n) is 4.89. The molecule has 0 aliphatic heterocycles. The number of para-hydroxylation sites is 1. The number of aromatic amines is 1. The number of hydrogen-bond donors (Lipinski definition) is 7. The molecule has 0 unspecified atom stereocenters. The number of carbonyl (C=O) groups is 7. The molecule has 16 heteroatoms. The van der Waals surface area contributed by atoms with E-state index in [0.717, 1.165) is 16.5 Å². The van der Waals surface area contributed by atoms with E-state index in [4.69, 9.17) is 9.47 Å². The van der Waals surface area contributed by atoms with Crippen molar-refractivity contribution in [1.82, 2.24) is 31.6 Å². The van der Waals surface area contributed by atoms with Gasteiger partial charge in [-0.05, 0) is 24.5 Å². The number of carboxylic acids is 1. The first kappa shape index (κ1) is 40.2. The number of carbonyl (C=O) groups excluding carboxylic acids is 6. The zero-order chi connectivity index (χ0) is 36.5. The molecular formula is C33H48N6O10. The molecule has 1 aromatic heterocycles. The second kappa shape index (κ2) is 20.4. The number of ether oxygens (including phenoxy) is 2. The summed E-state index contributed by atoms with van der Waals surface area (Å²) in [6.45, 7) is 7.38. The van der Waals surface area contributed by atoms with Crippen molar-refractivity contribution in [3.8, 4) is 0 Å². The van der Waals surface area contributed by atoms with Gasteiger partial charge in [0.25, 0.3) is 0 Å². The average Bonchev–Trinajstić information content (AvgIpc) is 3.43. The summed E-state index contributed by atoms with van der Waals surface area (Å²) in [5.74, 6) is -5.11. The van der Waals surface area contributed by atoms with Crippen LogP contribution < -0.4 is 26.6 Å². The lowest BCUT2D eigenvalue weighted by Crippen LogP contribution is -2.55. The highest BCUT2D eigenvalue weighted by Crippen LogP contribution is 2.18. The van der Waals surface area contributed by atoms with Crippen molar-refractivity contribution >= 4 is 52.4 Å². The molecule has 270 valence electrons. The fourth-order valence-corrected chi connectivity index (χ4v) is 4.89. The molecule has 16 nitrogen and oxygen atoms in total. The third-order valence-corrected chi connectivity index (χ3v) is 7.58. The van der Waals surface area contributed by atoms with Crippen molar-refractivity contribution in [2.75, 3.05) is 26.3 Å². The predicted molar refractivity (Wildman–Crippen MR) is 178 cm³/mol. The summed E-state index contributed by atoms with van der Waals surface area (Å²) in [5.41, 5.74) is 1.64. The second-order valence-electron chi connectivity index (χ2n) is 11.8. The van der Waals surface area contributed by atoms with Gasteiger partial charge >= 0.3 is 11.9 Å². The molecule has 0 saturated heterocycles. The SMILES string of the molecule is CC[C@H](C)[C@H](NC(=O)Cc1c[nH]c2ccccc12)C(=O)NCC(=O)N[C@@H](CC(=O)O)C(=O)NC[C@@H](COCC[C@@H](C)OC(C)=O)NC(C)=O. The molecule has 5 amide bonds. The van der Waals surface area contributed by atoms with E-state index in [9.17, 15) is 38.7 Å². The van der Waals surface area contributed by atoms with Crippen molar-refractivity contribution in [1.29, 1.82) is 0 Å². The van der Waals surface area contributed by atoms with E-state index in [2.05, 4.69) is 31.6 Å². The van der Waals surface area contributed by atoms with E-state index in [0.29, 0.717) is 12.8 Å². The minimum absolute atomic E-state index is 0.00961. The second-order valence-corrected chi connectivity index (χ2v) is 11.8. The number of rotatable bonds is 21. The standard InChI is InChI=1S/C33H48N6O10/c1-6-19(2)31(39-28(42)13-23-15-34-26-10-8-7-9-25(23)26)33(47)36-17-29(43)38-27(14-30(44)45)32(46)35-16-24(37-21(4)40)18-48-12-11-20(3)49-22(5)41/h7-10,15,19-20,24,27,31,34H,6,11-14,16-18H2,1-5H3,(H,35,46)(H,36,47)(H,37,40)(H,38,43)(H,39,42)(H,44,45)/t19-,20+,24-,27-,31-/m0/s1. The Hall–Kier alpha value is -4.99. The quantitative estimate of drug-likeness (QED) is 0.0700. The third kappa shape index (κ3) is 14.8. The van der Waals surface area contributed by atoms with E-state index in [1.807, 2.05) is 31.2 Å². The van der Waals surface area contributed by atoms with Gasteiger partial charge in [0, 0.05) is 43.9 Å². The maximum absolute atomic E-state index is 13.1. The van der Waals surface area contributed by atoms with E-state index < -0.39 is 66.7 Å². The number of nitrogens with one attached hydrogen (secondary N) is 6. The maximum Gasteiger partial charge on any atom is 0.305 e. The average molecular weight is 689 g/mol. The smallest absolute Gasteiger partial charge is 0.305 e. The minimum Gasteiger partial charge on any atom is -0.481 e. The van der Waals surface area contributed by atoms with Crippen LogP contribution in [0, 0.1) is 5.92 Å². The number of carboxylic acid groups (broad SMARTS) is 1. The van der Waals surface area contributed by atoms with Gasteiger partial charge in [-0.15, -0.1) is 0 Å². The summed E-state index contributed by atoms with van der Waals surface area (Å²) in [6.07, 6.45) is 1.59. The number of hydrogen-bond acceptors (Lipinski definition) is 9. The van der Waals surface area contributed by atoms with Crippen LogP contribution in [0.15, 0.2) is 30.5 Å². The van der Waals surface area contributed by atoms with Gasteiger partial charge < -0.3 is 46.1 Å². The minimum atomic E-state index is -1.49. The molecule has 2 rings (SSSR count). The van der Waals surface area contributed by atoms with Crippen LogP contribution in [0.2, 0.25) is 0 Å². The van der Waals surface area contributed by atoms with Crippen LogP contribution in [-0.4, -0.2) is 102 Å². The number of aliphatic carboxylic acids is 1. The van der Waals surface area contributed by atoms with Crippen LogP contribution in [-0.2, 0) is 49.5 Å². The normalized spacial score (nSPS) is 14.0. The number of H-pyrrole nitrogens is 1. The molecule has 5 atom stereocenters. The summed E-state index contributed by atoms with van der Waals surface area (Å²) < 4.78 is 10.6. The van der Waals surface area contributed by atoms with Crippen molar-refractivity contribution in [3.05, 3.63) is 36.0 Å². The molecule has 0 saturated carbocycles. The van der Waals surface area contributed by atoms with Gasteiger partial charge in [-0.1, -0.05) is 38.5 Å². The number of fused-ring (bicyclic) bond motifs is 1. The van der Waals surface area contributed by atoms with E-state index >= 15 is 0 Å². The summed E-state index contributed by atoms with van der Waals surface area (Å²) in [4.78, 5) is 89.0. The molecule has 0 aliphatic carbocycles. The van der Waals surface area contributed by atoms with Gasteiger partial charge in [-0.2, -0.15) is 0 Å². The van der Waals surface area contributed by atoms with Gasteiger partial charge in [0.15, 0.2) is 0 Å². The molecule has 7 N–H and O–H groups in total. The van der Waals surface area contributed by atoms with Gasteiger partial charge in [0.1, 0.15) is 18.2 Å². The Bertz CT molecular complexity index is 1460. The lowest BCUT2D eigenvalue weighted by atomic mass is 9.97. The van der Waals surface area contributed by atoms with Crippen molar-refractivity contribution < 1.29 is 48.1 Å². The zero-order valence-electron chi connectivity index (χ0n) is 28.6. The van der Waals surface area contributed by atoms with Crippen LogP contribution in [0.25, 0.3) is 10.9 Å². The first-order valence-electron chi connectivity index (χ1n) is 16.1. The molecule has 0 aliphatic rings. The van der Waals surface area contributed by atoms with Gasteiger partial charge in [-0.3, -0.25) is 33.6 Å². The Morgan fingerprint density at radius 3 is 2.29 bits per heavy atom. The summed E-state index contributed by atoms with van der Waals surface area (Å²) >= 11 is 0. The highest BCUT2D eigenvalue weighted by Gasteiger charge is 2.28. The van der Waals surface area contributed by atoms with E-state index in [1.54, 1.807) is 20.0 Å². The number of aromatic nitrogens is 1. The van der Waals surface area contributed by atoms with Gasteiger partial charge in [-0.25, -0.2) is 0 Å². The van der Waals surface area contributed by atoms with Gasteiger partial charge in [0.2, 0.25) is 29.5 Å². The Morgan fingerprint density at radius 1 is 0.918 bits per heavy atom. The van der Waals surface area contributed by atoms with Crippen LogP contribution in [0.3, 0.4) is 0 Å². The largest absolute Gasteiger partial charge is 0.481 e. The predicted octanol–water partition coefficient (Wildman–Crippen LogP) is 0.296. The lowest BCUT2D eigenvalue weighted by molar-refractivity contribution is -0.146. The summed E-state index contributed by atoms with van der Waals surface area (Å²) in [5, 5.41) is 22.9. The zero-order valence-corrected chi connectivity index (χ0v) is 28.6. The Morgan fingerprint density at radius 2 is 1.63 bits per heavy atom. The first-order chi connectivity index (χ1) is 23.2. The molecule has 49 heavy (non-hydrogen) atoms. The highest BCUT2D eigenvalue weighted by molar-refractivity contribution is 5.95. The Balaban J connectivity index is 1.93. The molecule has 1 heterocycles. The monoisotopic (exact) mass is 688 g/mol. The molecule has 2 aromatic rings. The summed E-state index contributed by atoms with van der Waals surface area (Å²) in [6, 6.07) is 4.38. The molecule has 0 radical (unpaired) electrons. The van der Waals surface area contributed by atoms with E-state index in [1.165, 1.54) is 13.8 Å². The number of benzene rings is 1. The van der Waals surface area contributed by atoms with E-state index in [-0.39, 0.29) is 44.1 Å². The van der Waals surface area contributed by atoms with Crippen molar-refractivity contribution in [2.45, 2.75) is 84.5 Å². The van der Waals surface area contributed by atoms with Crippen LogP contribution >= 0.6 is 0 Å². The van der Waals surface area contributed by atoms with Gasteiger partial charge in [0.05, 0.1) is 38.6 Å². The molecular weight excluding hydrogens is 640 g/mol.